The summed E-state index contributed by atoms with van der Waals surface area (Å²) in [7, 11) is 3.34. The van der Waals surface area contributed by atoms with Crippen molar-refractivity contribution in [1.29, 1.82) is 0 Å². The van der Waals surface area contributed by atoms with Gasteiger partial charge in [0.25, 0.3) is 5.91 Å². The average molecular weight is 397 g/mol. The number of pyridine rings is 1. The smallest absolute Gasteiger partial charge is 0.252 e. The molecule has 5 heteroatoms. The molecule has 0 spiro atoms. The number of rotatable bonds is 7. The van der Waals surface area contributed by atoms with Crippen molar-refractivity contribution in [2.45, 2.75) is 31.1 Å². The lowest BCUT2D eigenvalue weighted by Crippen LogP contribution is -2.26. The molecule has 1 aromatic heterocycles. The van der Waals surface area contributed by atoms with Crippen molar-refractivity contribution in [3.8, 4) is 0 Å². The van der Waals surface area contributed by atoms with Gasteiger partial charge in [-0.3, -0.25) is 9.78 Å². The van der Waals surface area contributed by atoms with Gasteiger partial charge >= 0.3 is 0 Å². The zero-order valence-corrected chi connectivity index (χ0v) is 17.5. The number of aromatic nitrogens is 1. The third-order valence-corrected chi connectivity index (χ3v) is 6.22. The largest absolute Gasteiger partial charge is 0.352 e. The summed E-state index contributed by atoms with van der Waals surface area (Å²) in [4.78, 5) is 18.4. The van der Waals surface area contributed by atoms with Gasteiger partial charge in [-0.2, -0.15) is 0 Å². The molecule has 0 aliphatic carbocycles. The van der Waals surface area contributed by atoms with Crippen LogP contribution in [0.3, 0.4) is 0 Å². The summed E-state index contributed by atoms with van der Waals surface area (Å²) in [6.45, 7) is 5.01. The standard InChI is InChI=1S/C22H24N2OS2/c1-15(2)17-8-5-4-7-16(17)11-13-24-22(25)19-12-14-23-21-18(19)9-6-10-20(21)27-26-3/h4-10,12,14-15H,11,13H2,1-3H3,(H,24,25). The van der Waals surface area contributed by atoms with Gasteiger partial charge in [0.1, 0.15) is 0 Å². The summed E-state index contributed by atoms with van der Waals surface area (Å²) >= 11 is 0. The van der Waals surface area contributed by atoms with E-state index in [0.29, 0.717) is 18.0 Å². The van der Waals surface area contributed by atoms with Gasteiger partial charge in [-0.25, -0.2) is 0 Å². The van der Waals surface area contributed by atoms with Crippen molar-refractivity contribution >= 4 is 38.4 Å². The number of para-hydroxylation sites is 1. The van der Waals surface area contributed by atoms with Crippen LogP contribution in [0.4, 0.5) is 0 Å². The molecule has 3 nitrogen and oxygen atoms in total. The van der Waals surface area contributed by atoms with Crippen LogP contribution < -0.4 is 5.32 Å². The van der Waals surface area contributed by atoms with E-state index in [1.165, 1.54) is 11.1 Å². The third-order valence-electron chi connectivity index (χ3n) is 4.51. The van der Waals surface area contributed by atoms with E-state index in [-0.39, 0.29) is 5.91 Å². The lowest BCUT2D eigenvalue weighted by atomic mass is 9.95. The van der Waals surface area contributed by atoms with Crippen molar-refractivity contribution in [3.05, 3.63) is 71.4 Å². The Labute approximate surface area is 168 Å². The minimum atomic E-state index is -0.0456. The number of fused-ring (bicyclic) bond motifs is 1. The predicted molar refractivity (Wildman–Crippen MR) is 118 cm³/mol. The minimum Gasteiger partial charge on any atom is -0.352 e. The first-order valence-corrected chi connectivity index (χ1v) is 11.6. The average Bonchev–Trinajstić information content (AvgIpc) is 2.68. The van der Waals surface area contributed by atoms with E-state index in [2.05, 4.69) is 48.4 Å². The van der Waals surface area contributed by atoms with Crippen molar-refractivity contribution in [1.82, 2.24) is 10.3 Å². The maximum Gasteiger partial charge on any atom is 0.252 e. The molecular weight excluding hydrogens is 372 g/mol. The van der Waals surface area contributed by atoms with E-state index >= 15 is 0 Å². The second-order valence-corrected chi connectivity index (χ2v) is 9.06. The third kappa shape index (κ3) is 4.66. The van der Waals surface area contributed by atoms with Crippen LogP contribution in [0, 0.1) is 0 Å². The van der Waals surface area contributed by atoms with E-state index < -0.39 is 0 Å². The number of nitrogens with zero attached hydrogens (tertiary/aromatic N) is 1. The molecule has 1 N–H and O–H groups in total. The highest BCUT2D eigenvalue weighted by atomic mass is 33.1. The summed E-state index contributed by atoms with van der Waals surface area (Å²) in [5, 5.41) is 3.98. The van der Waals surface area contributed by atoms with Crippen LogP contribution in [-0.2, 0) is 6.42 Å². The van der Waals surface area contributed by atoms with Crippen LogP contribution in [0.15, 0.2) is 59.6 Å². The Morgan fingerprint density at radius 1 is 1.11 bits per heavy atom. The number of benzene rings is 2. The second kappa shape index (κ2) is 9.29. The molecule has 0 saturated carbocycles. The Balaban J connectivity index is 1.75. The molecule has 3 aromatic rings. The van der Waals surface area contributed by atoms with Gasteiger partial charge in [-0.15, -0.1) is 0 Å². The Hall–Kier alpha value is -1.98. The topological polar surface area (TPSA) is 42.0 Å². The number of amides is 1. The van der Waals surface area contributed by atoms with E-state index in [0.717, 1.165) is 22.2 Å². The zero-order valence-electron chi connectivity index (χ0n) is 15.9. The molecule has 2 aromatic carbocycles. The Kier molecular flexibility index (Phi) is 6.80. The first-order valence-electron chi connectivity index (χ1n) is 9.06. The highest BCUT2D eigenvalue weighted by molar-refractivity contribution is 8.76. The normalized spacial score (nSPS) is 11.1. The second-order valence-electron chi connectivity index (χ2n) is 6.62. The van der Waals surface area contributed by atoms with Gasteiger partial charge in [0.15, 0.2) is 0 Å². The van der Waals surface area contributed by atoms with Gasteiger partial charge in [0.05, 0.1) is 11.1 Å². The fraction of sp³-hybridized carbons (Fsp3) is 0.273. The molecule has 140 valence electrons. The summed E-state index contributed by atoms with van der Waals surface area (Å²) in [6.07, 6.45) is 4.58. The van der Waals surface area contributed by atoms with Crippen LogP contribution >= 0.6 is 21.6 Å². The van der Waals surface area contributed by atoms with Crippen molar-refractivity contribution < 1.29 is 4.79 Å². The Bertz CT molecular complexity index is 940. The van der Waals surface area contributed by atoms with E-state index in [9.17, 15) is 4.79 Å². The molecule has 0 unspecified atom stereocenters. The van der Waals surface area contributed by atoms with Gasteiger partial charge < -0.3 is 5.32 Å². The predicted octanol–water partition coefficient (Wildman–Crippen LogP) is 5.70. The van der Waals surface area contributed by atoms with E-state index in [1.54, 1.807) is 33.9 Å². The summed E-state index contributed by atoms with van der Waals surface area (Å²) in [5.74, 6) is 0.434. The van der Waals surface area contributed by atoms with Crippen molar-refractivity contribution in [3.63, 3.8) is 0 Å². The van der Waals surface area contributed by atoms with Crippen LogP contribution in [0.1, 0.15) is 41.3 Å². The summed E-state index contributed by atoms with van der Waals surface area (Å²) in [5.41, 5.74) is 4.21. The molecule has 1 heterocycles. The summed E-state index contributed by atoms with van der Waals surface area (Å²) in [6, 6.07) is 16.2. The summed E-state index contributed by atoms with van der Waals surface area (Å²) < 4.78 is 0. The maximum absolute atomic E-state index is 12.8. The molecule has 0 aliphatic rings. The zero-order chi connectivity index (χ0) is 19.2. The lowest BCUT2D eigenvalue weighted by molar-refractivity contribution is 0.0955. The quantitative estimate of drug-likeness (QED) is 0.520. The molecule has 0 radical (unpaired) electrons. The fourth-order valence-electron chi connectivity index (χ4n) is 3.24. The minimum absolute atomic E-state index is 0.0456. The SMILES string of the molecule is CSSc1cccc2c(C(=O)NCCc3ccccc3C(C)C)ccnc12. The van der Waals surface area contributed by atoms with Crippen molar-refractivity contribution in [2.24, 2.45) is 0 Å². The van der Waals surface area contributed by atoms with Crippen molar-refractivity contribution in [2.75, 3.05) is 12.8 Å². The molecule has 1 amide bonds. The first kappa shape index (κ1) is 19.8. The highest BCUT2D eigenvalue weighted by Gasteiger charge is 2.13. The fourth-order valence-corrected chi connectivity index (χ4v) is 4.73. The van der Waals surface area contributed by atoms with Gasteiger partial charge in [-0.1, -0.05) is 71.8 Å². The van der Waals surface area contributed by atoms with E-state index in [1.807, 2.05) is 24.5 Å². The number of nitrogens with one attached hydrogen (secondary N) is 1. The maximum atomic E-state index is 12.8. The van der Waals surface area contributed by atoms with Crippen LogP contribution in [0.5, 0.6) is 0 Å². The molecule has 0 atom stereocenters. The molecule has 0 fully saturated rings. The number of carbonyl (C=O) groups excluding carboxylic acids is 1. The molecule has 27 heavy (non-hydrogen) atoms. The first-order chi connectivity index (χ1) is 13.1. The number of hydrogen-bond acceptors (Lipinski definition) is 4. The Morgan fingerprint density at radius 2 is 1.93 bits per heavy atom. The number of carbonyl (C=O) groups is 1. The molecule has 0 saturated heterocycles. The molecule has 0 bridgehead atoms. The molecular formula is C22H24N2OS2. The Morgan fingerprint density at radius 3 is 2.70 bits per heavy atom. The van der Waals surface area contributed by atoms with Gasteiger partial charge in [-0.05, 0) is 41.9 Å². The van der Waals surface area contributed by atoms with Crippen LogP contribution in [0.2, 0.25) is 0 Å². The van der Waals surface area contributed by atoms with Crippen LogP contribution in [-0.4, -0.2) is 23.7 Å². The van der Waals surface area contributed by atoms with Crippen LogP contribution in [0.25, 0.3) is 10.9 Å². The molecule has 0 aliphatic heterocycles. The van der Waals surface area contributed by atoms with Gasteiger partial charge in [0, 0.05) is 23.0 Å². The van der Waals surface area contributed by atoms with Gasteiger partial charge in [0.2, 0.25) is 0 Å². The monoisotopic (exact) mass is 396 g/mol. The number of hydrogen-bond donors (Lipinski definition) is 1. The highest BCUT2D eigenvalue weighted by Crippen LogP contribution is 2.34. The lowest BCUT2D eigenvalue weighted by Gasteiger charge is -2.13. The molecule has 3 rings (SSSR count). The van der Waals surface area contributed by atoms with E-state index in [4.69, 9.17) is 0 Å².